The lowest BCUT2D eigenvalue weighted by Crippen LogP contribution is -2.33. The highest BCUT2D eigenvalue weighted by atomic mass is 16.5. The third-order valence-electron chi connectivity index (χ3n) is 2.03. The molecule has 0 heterocycles. The van der Waals surface area contributed by atoms with Gasteiger partial charge in [0.05, 0.1) is 7.11 Å². The van der Waals surface area contributed by atoms with Gasteiger partial charge in [-0.2, -0.15) is 0 Å². The van der Waals surface area contributed by atoms with Gasteiger partial charge < -0.3 is 9.64 Å². The third-order valence-corrected chi connectivity index (χ3v) is 2.03. The van der Waals surface area contributed by atoms with Crippen LogP contribution in [0.25, 0.3) is 0 Å². The number of hydrogen-bond donors (Lipinski definition) is 0. The van der Waals surface area contributed by atoms with Crippen LogP contribution in [0.4, 0.5) is 0 Å². The monoisotopic (exact) mass is 213 g/mol. The van der Waals surface area contributed by atoms with E-state index < -0.39 is 5.97 Å². The molecule has 0 spiro atoms. The molecule has 5 nitrogen and oxygen atoms in total. The van der Waals surface area contributed by atoms with Crippen molar-refractivity contribution < 1.29 is 19.1 Å². The number of ether oxygens (including phenoxy) is 1. The number of carbonyl (C=O) groups excluding carboxylic acids is 3. The van der Waals surface area contributed by atoms with Crippen LogP contribution >= 0.6 is 0 Å². The Bertz CT molecular complexity index is 307. The number of carbonyl (C=O) groups is 3. The van der Waals surface area contributed by atoms with Gasteiger partial charge in [0, 0.05) is 12.6 Å². The normalized spacial score (nSPS) is 11.5. The second kappa shape index (κ2) is 5.95. The second-order valence-corrected chi connectivity index (χ2v) is 3.16. The first kappa shape index (κ1) is 13.4. The molecule has 0 N–H and O–H groups in total. The SMILES string of the molecule is COC(=O)CN(C)C(=O)/C(C)=C(/C)C=O. The maximum absolute atomic E-state index is 11.6. The van der Waals surface area contributed by atoms with E-state index in [1.165, 1.54) is 19.1 Å². The molecule has 0 aromatic carbocycles. The molecular formula is C10H15NO4. The lowest BCUT2D eigenvalue weighted by molar-refractivity contribution is -0.145. The topological polar surface area (TPSA) is 63.7 Å². The number of rotatable bonds is 4. The molecule has 0 saturated heterocycles. The summed E-state index contributed by atoms with van der Waals surface area (Å²) < 4.78 is 4.42. The van der Waals surface area contributed by atoms with E-state index >= 15 is 0 Å². The molecule has 1 amide bonds. The van der Waals surface area contributed by atoms with E-state index in [9.17, 15) is 14.4 Å². The molecule has 15 heavy (non-hydrogen) atoms. The van der Waals surface area contributed by atoms with Crippen LogP contribution in [-0.4, -0.2) is 43.8 Å². The van der Waals surface area contributed by atoms with Crippen LogP contribution in [0.2, 0.25) is 0 Å². The summed E-state index contributed by atoms with van der Waals surface area (Å²) in [5, 5.41) is 0. The Kier molecular flexibility index (Phi) is 5.30. The molecule has 5 heteroatoms. The van der Waals surface area contributed by atoms with Gasteiger partial charge >= 0.3 is 5.97 Å². The molecule has 0 aromatic heterocycles. The summed E-state index contributed by atoms with van der Waals surface area (Å²) >= 11 is 0. The van der Waals surface area contributed by atoms with Crippen molar-refractivity contribution in [2.45, 2.75) is 13.8 Å². The molecule has 0 fully saturated rings. The largest absolute Gasteiger partial charge is 0.468 e. The minimum absolute atomic E-state index is 0.126. The van der Waals surface area contributed by atoms with Gasteiger partial charge in [-0.1, -0.05) is 0 Å². The summed E-state index contributed by atoms with van der Waals surface area (Å²) in [5.41, 5.74) is 0.688. The van der Waals surface area contributed by atoms with Crippen LogP contribution in [0, 0.1) is 0 Å². The molecule has 0 atom stereocenters. The number of likely N-dealkylation sites (N-methyl/N-ethyl adjacent to an activating group) is 1. The van der Waals surface area contributed by atoms with Crippen molar-refractivity contribution in [3.63, 3.8) is 0 Å². The van der Waals surface area contributed by atoms with Gasteiger partial charge in [0.1, 0.15) is 12.8 Å². The van der Waals surface area contributed by atoms with Crippen molar-refractivity contribution in [3.05, 3.63) is 11.1 Å². The van der Waals surface area contributed by atoms with E-state index in [0.717, 1.165) is 0 Å². The quantitative estimate of drug-likeness (QED) is 0.379. The van der Waals surface area contributed by atoms with Gasteiger partial charge in [0.15, 0.2) is 0 Å². The molecule has 0 aliphatic carbocycles. The summed E-state index contributed by atoms with van der Waals surface area (Å²) in [5.74, 6) is -0.854. The highest BCUT2D eigenvalue weighted by molar-refractivity contribution is 5.99. The van der Waals surface area contributed by atoms with Crippen molar-refractivity contribution in [2.75, 3.05) is 20.7 Å². The molecular weight excluding hydrogens is 198 g/mol. The Balaban J connectivity index is 4.59. The predicted octanol–water partition coefficient (Wildman–Crippen LogP) is 0.153. The Morgan fingerprint density at radius 1 is 1.33 bits per heavy atom. The number of nitrogens with zero attached hydrogens (tertiary/aromatic N) is 1. The van der Waals surface area contributed by atoms with Gasteiger partial charge in [-0.15, -0.1) is 0 Å². The number of methoxy groups -OCH3 is 1. The van der Waals surface area contributed by atoms with Crippen molar-refractivity contribution in [1.82, 2.24) is 4.90 Å². The molecule has 0 aromatic rings. The Morgan fingerprint density at radius 3 is 2.27 bits per heavy atom. The number of aldehydes is 1. The van der Waals surface area contributed by atoms with Crippen LogP contribution in [0.3, 0.4) is 0 Å². The Labute approximate surface area is 88.7 Å². The van der Waals surface area contributed by atoms with E-state index in [0.29, 0.717) is 17.4 Å². The van der Waals surface area contributed by atoms with Gasteiger partial charge in [0.25, 0.3) is 0 Å². The van der Waals surface area contributed by atoms with Crippen molar-refractivity contribution in [2.24, 2.45) is 0 Å². The molecule has 0 unspecified atom stereocenters. The zero-order valence-corrected chi connectivity index (χ0v) is 9.36. The summed E-state index contributed by atoms with van der Waals surface area (Å²) in [6.45, 7) is 2.96. The van der Waals surface area contributed by atoms with Gasteiger partial charge in [0.2, 0.25) is 5.91 Å². The number of esters is 1. The second-order valence-electron chi connectivity index (χ2n) is 3.16. The molecule has 0 saturated carbocycles. The molecule has 0 aliphatic heterocycles. The fraction of sp³-hybridized carbons (Fsp3) is 0.500. The molecule has 0 aliphatic rings. The zero-order chi connectivity index (χ0) is 12.0. The van der Waals surface area contributed by atoms with Gasteiger partial charge in [-0.25, -0.2) is 0 Å². The van der Waals surface area contributed by atoms with Gasteiger partial charge in [-0.05, 0) is 19.4 Å². The van der Waals surface area contributed by atoms with Crippen LogP contribution in [0.15, 0.2) is 11.1 Å². The maximum atomic E-state index is 11.6. The van der Waals surface area contributed by atoms with E-state index in [1.807, 2.05) is 0 Å². The number of hydrogen-bond acceptors (Lipinski definition) is 4. The molecule has 0 radical (unpaired) electrons. The fourth-order valence-corrected chi connectivity index (χ4v) is 0.873. The van der Waals surface area contributed by atoms with Crippen molar-refractivity contribution in [1.29, 1.82) is 0 Å². The first-order chi connectivity index (χ1) is 6.93. The van der Waals surface area contributed by atoms with E-state index in [4.69, 9.17) is 0 Å². The first-order valence-corrected chi connectivity index (χ1v) is 4.39. The first-order valence-electron chi connectivity index (χ1n) is 4.39. The maximum Gasteiger partial charge on any atom is 0.325 e. The Morgan fingerprint density at radius 2 is 1.87 bits per heavy atom. The summed E-state index contributed by atoms with van der Waals surface area (Å²) in [4.78, 5) is 34.1. The van der Waals surface area contributed by atoms with Crippen LogP contribution < -0.4 is 0 Å². The molecule has 0 bridgehead atoms. The van der Waals surface area contributed by atoms with Crippen LogP contribution in [0.1, 0.15) is 13.8 Å². The average Bonchev–Trinajstić information content (AvgIpc) is 2.25. The lowest BCUT2D eigenvalue weighted by Gasteiger charge is -2.16. The zero-order valence-electron chi connectivity index (χ0n) is 9.36. The van der Waals surface area contributed by atoms with Crippen molar-refractivity contribution in [3.8, 4) is 0 Å². The van der Waals surface area contributed by atoms with Crippen molar-refractivity contribution >= 4 is 18.2 Å². The predicted molar refractivity (Wildman–Crippen MR) is 54.1 cm³/mol. The Hall–Kier alpha value is -1.65. The van der Waals surface area contributed by atoms with E-state index in [-0.39, 0.29) is 12.5 Å². The van der Waals surface area contributed by atoms with E-state index in [2.05, 4.69) is 4.74 Å². The standard InChI is InChI=1S/C10H15NO4/c1-7(6-12)8(2)10(14)11(3)5-9(13)15-4/h6H,5H2,1-4H3/b8-7-. The van der Waals surface area contributed by atoms with Crippen LogP contribution in [0.5, 0.6) is 0 Å². The smallest absolute Gasteiger partial charge is 0.325 e. The molecule has 0 rings (SSSR count). The highest BCUT2D eigenvalue weighted by Crippen LogP contribution is 2.04. The fourth-order valence-electron chi connectivity index (χ4n) is 0.873. The summed E-state index contributed by atoms with van der Waals surface area (Å²) in [6, 6.07) is 0. The minimum atomic E-state index is -0.498. The number of amides is 1. The summed E-state index contributed by atoms with van der Waals surface area (Å²) in [6.07, 6.45) is 0.610. The highest BCUT2D eigenvalue weighted by Gasteiger charge is 2.15. The third kappa shape index (κ3) is 3.93. The summed E-state index contributed by atoms with van der Waals surface area (Å²) in [7, 11) is 2.72. The van der Waals surface area contributed by atoms with E-state index in [1.54, 1.807) is 13.8 Å². The average molecular weight is 213 g/mol. The van der Waals surface area contributed by atoms with Gasteiger partial charge in [-0.3, -0.25) is 14.4 Å². The molecule has 84 valence electrons. The minimum Gasteiger partial charge on any atom is -0.468 e. The number of allylic oxidation sites excluding steroid dienone is 1. The van der Waals surface area contributed by atoms with Crippen LogP contribution in [-0.2, 0) is 19.1 Å². The lowest BCUT2D eigenvalue weighted by atomic mass is 10.1.